The number of rotatable bonds is 4. The molecule has 82 valence electrons. The molecule has 0 saturated heterocycles. The van der Waals surface area contributed by atoms with E-state index in [0.29, 0.717) is 5.92 Å². The molecule has 0 radical (unpaired) electrons. The van der Waals surface area contributed by atoms with Crippen LogP contribution in [-0.4, -0.2) is 27.8 Å². The zero-order valence-electron chi connectivity index (χ0n) is 9.46. The van der Waals surface area contributed by atoms with Gasteiger partial charge in [0.15, 0.2) is 11.5 Å². The minimum absolute atomic E-state index is 0.629. The molecule has 1 aromatic rings. The monoisotopic (exact) mass is 207 g/mol. The molecular formula is C12H17NO2. The molecule has 3 nitrogen and oxygen atoms in total. The predicted octanol–water partition coefficient (Wildman–Crippen LogP) is 1.56. The second kappa shape index (κ2) is 4.11. The normalized spacial score (nSPS) is 17.9. The largest absolute Gasteiger partial charge is 0.493 e. The minimum atomic E-state index is 0.629. The van der Waals surface area contributed by atoms with Crippen molar-refractivity contribution in [1.82, 2.24) is 5.32 Å². The van der Waals surface area contributed by atoms with E-state index in [0.717, 1.165) is 24.5 Å². The summed E-state index contributed by atoms with van der Waals surface area (Å²) in [4.78, 5) is 0. The number of methoxy groups -OCH3 is 2. The Kier molecular flexibility index (Phi) is 2.82. The Morgan fingerprint density at radius 3 is 2.53 bits per heavy atom. The van der Waals surface area contributed by atoms with E-state index in [9.17, 15) is 0 Å². The fourth-order valence-electron chi connectivity index (χ4n) is 2.17. The third-order valence-corrected chi connectivity index (χ3v) is 3.00. The summed E-state index contributed by atoms with van der Waals surface area (Å²) in [5, 5.41) is 3.20. The maximum absolute atomic E-state index is 5.29. The van der Waals surface area contributed by atoms with Crippen LogP contribution < -0.4 is 14.8 Å². The number of fused-ring (bicyclic) bond motifs is 1. The quantitative estimate of drug-likeness (QED) is 0.812. The lowest BCUT2D eigenvalue weighted by Crippen LogP contribution is -2.27. The van der Waals surface area contributed by atoms with Crippen molar-refractivity contribution in [2.45, 2.75) is 12.3 Å². The number of ether oxygens (including phenoxy) is 2. The van der Waals surface area contributed by atoms with Gasteiger partial charge in [-0.1, -0.05) is 0 Å². The summed E-state index contributed by atoms with van der Waals surface area (Å²) in [5.74, 6) is 2.29. The van der Waals surface area contributed by atoms with Gasteiger partial charge < -0.3 is 14.8 Å². The van der Waals surface area contributed by atoms with E-state index in [4.69, 9.17) is 9.47 Å². The molecule has 0 spiro atoms. The average Bonchev–Trinajstić information content (AvgIpc) is 2.25. The van der Waals surface area contributed by atoms with Gasteiger partial charge in [0.25, 0.3) is 0 Å². The van der Waals surface area contributed by atoms with Crippen LogP contribution in [0.5, 0.6) is 11.5 Å². The smallest absolute Gasteiger partial charge is 0.161 e. The van der Waals surface area contributed by atoms with Crippen molar-refractivity contribution < 1.29 is 9.47 Å². The van der Waals surface area contributed by atoms with Crippen LogP contribution in [0.1, 0.15) is 17.0 Å². The summed E-state index contributed by atoms with van der Waals surface area (Å²) < 4.78 is 10.5. The van der Waals surface area contributed by atoms with Gasteiger partial charge in [0.2, 0.25) is 0 Å². The molecule has 0 unspecified atom stereocenters. The molecule has 0 fully saturated rings. The van der Waals surface area contributed by atoms with Gasteiger partial charge in [0.1, 0.15) is 0 Å². The molecule has 0 saturated carbocycles. The van der Waals surface area contributed by atoms with Gasteiger partial charge in [0.05, 0.1) is 14.2 Å². The Labute approximate surface area is 90.4 Å². The Bertz CT molecular complexity index is 363. The van der Waals surface area contributed by atoms with Crippen molar-refractivity contribution in [3.63, 3.8) is 0 Å². The van der Waals surface area contributed by atoms with Crippen molar-refractivity contribution in [3.8, 4) is 11.5 Å². The molecule has 2 rings (SSSR count). The lowest BCUT2D eigenvalue weighted by molar-refractivity contribution is 0.352. The van der Waals surface area contributed by atoms with Crippen LogP contribution in [0.3, 0.4) is 0 Å². The van der Waals surface area contributed by atoms with Crippen LogP contribution in [0.15, 0.2) is 12.1 Å². The van der Waals surface area contributed by atoms with Gasteiger partial charge in [-0.2, -0.15) is 0 Å². The highest BCUT2D eigenvalue weighted by Crippen LogP contribution is 2.41. The summed E-state index contributed by atoms with van der Waals surface area (Å²) in [5.41, 5.74) is 2.77. The SMILES string of the molecule is CNC[C@H]1Cc2cc(OC)c(OC)cc21. The summed E-state index contributed by atoms with van der Waals surface area (Å²) in [6.45, 7) is 1.03. The zero-order chi connectivity index (χ0) is 10.8. The molecule has 1 aromatic carbocycles. The topological polar surface area (TPSA) is 30.5 Å². The van der Waals surface area contributed by atoms with Crippen molar-refractivity contribution in [1.29, 1.82) is 0 Å². The number of nitrogens with one attached hydrogen (secondary N) is 1. The molecule has 0 aromatic heterocycles. The minimum Gasteiger partial charge on any atom is -0.493 e. The zero-order valence-corrected chi connectivity index (χ0v) is 9.46. The van der Waals surface area contributed by atoms with E-state index >= 15 is 0 Å². The van der Waals surface area contributed by atoms with Crippen molar-refractivity contribution in [2.24, 2.45) is 0 Å². The van der Waals surface area contributed by atoms with Crippen LogP contribution in [0.25, 0.3) is 0 Å². The second-order valence-corrected chi connectivity index (χ2v) is 3.86. The molecule has 0 amide bonds. The highest BCUT2D eigenvalue weighted by atomic mass is 16.5. The third kappa shape index (κ3) is 1.67. The molecule has 0 aliphatic heterocycles. The van der Waals surface area contributed by atoms with E-state index < -0.39 is 0 Å². The first-order valence-electron chi connectivity index (χ1n) is 5.19. The number of benzene rings is 1. The summed E-state index contributed by atoms with van der Waals surface area (Å²) >= 11 is 0. The van der Waals surface area contributed by atoms with E-state index in [1.54, 1.807) is 14.2 Å². The molecular weight excluding hydrogens is 190 g/mol. The first-order chi connectivity index (χ1) is 7.30. The molecule has 1 atom stereocenters. The molecule has 0 heterocycles. The standard InChI is InChI=1S/C12H17NO2/c1-13-7-9-4-8-5-11(14-2)12(15-3)6-10(8)9/h5-6,9,13H,4,7H2,1-3H3/t9-/m1/s1. The van der Waals surface area contributed by atoms with Gasteiger partial charge in [0, 0.05) is 12.5 Å². The Balaban J connectivity index is 2.28. The number of likely N-dealkylation sites (N-methyl/N-ethyl adjacent to an activating group) is 1. The molecule has 1 N–H and O–H groups in total. The van der Waals surface area contributed by atoms with E-state index in [1.165, 1.54) is 11.1 Å². The highest BCUT2D eigenvalue weighted by molar-refractivity contribution is 5.53. The fraction of sp³-hybridized carbons (Fsp3) is 0.500. The van der Waals surface area contributed by atoms with E-state index in [1.807, 2.05) is 7.05 Å². The van der Waals surface area contributed by atoms with Gasteiger partial charge in [-0.05, 0) is 36.7 Å². The van der Waals surface area contributed by atoms with Crippen molar-refractivity contribution in [2.75, 3.05) is 27.8 Å². The Hall–Kier alpha value is -1.22. The summed E-state index contributed by atoms with van der Waals surface area (Å²) in [6.07, 6.45) is 1.14. The van der Waals surface area contributed by atoms with Gasteiger partial charge in [-0.15, -0.1) is 0 Å². The first-order valence-corrected chi connectivity index (χ1v) is 5.19. The second-order valence-electron chi connectivity index (χ2n) is 3.86. The molecule has 0 bridgehead atoms. The molecule has 1 aliphatic carbocycles. The number of hydrogen-bond acceptors (Lipinski definition) is 3. The maximum Gasteiger partial charge on any atom is 0.161 e. The average molecular weight is 207 g/mol. The van der Waals surface area contributed by atoms with Crippen LogP contribution in [0, 0.1) is 0 Å². The van der Waals surface area contributed by atoms with Gasteiger partial charge in [-0.3, -0.25) is 0 Å². The van der Waals surface area contributed by atoms with Crippen LogP contribution in [0.4, 0.5) is 0 Å². The van der Waals surface area contributed by atoms with Gasteiger partial charge in [-0.25, -0.2) is 0 Å². The van der Waals surface area contributed by atoms with Crippen LogP contribution >= 0.6 is 0 Å². The van der Waals surface area contributed by atoms with Crippen molar-refractivity contribution in [3.05, 3.63) is 23.3 Å². The Morgan fingerprint density at radius 2 is 1.93 bits per heavy atom. The van der Waals surface area contributed by atoms with Gasteiger partial charge >= 0.3 is 0 Å². The molecule has 3 heteroatoms. The molecule has 1 aliphatic rings. The predicted molar refractivity (Wildman–Crippen MR) is 59.9 cm³/mol. The highest BCUT2D eigenvalue weighted by Gasteiger charge is 2.27. The lowest BCUT2D eigenvalue weighted by atomic mass is 9.77. The van der Waals surface area contributed by atoms with E-state index in [-0.39, 0.29) is 0 Å². The maximum atomic E-state index is 5.29. The van der Waals surface area contributed by atoms with Crippen LogP contribution in [0.2, 0.25) is 0 Å². The third-order valence-electron chi connectivity index (χ3n) is 3.00. The van der Waals surface area contributed by atoms with E-state index in [2.05, 4.69) is 17.4 Å². The summed E-state index contributed by atoms with van der Waals surface area (Å²) in [6, 6.07) is 4.18. The Morgan fingerprint density at radius 1 is 1.27 bits per heavy atom. The first kappa shape index (κ1) is 10.3. The summed E-state index contributed by atoms with van der Waals surface area (Å²) in [7, 11) is 5.34. The molecule has 15 heavy (non-hydrogen) atoms. The van der Waals surface area contributed by atoms with Crippen molar-refractivity contribution >= 4 is 0 Å². The lowest BCUT2D eigenvalue weighted by Gasteiger charge is -2.31. The number of hydrogen-bond donors (Lipinski definition) is 1. The van der Waals surface area contributed by atoms with Crippen LogP contribution in [-0.2, 0) is 6.42 Å². The fourth-order valence-corrected chi connectivity index (χ4v) is 2.17.